The van der Waals surface area contributed by atoms with Gasteiger partial charge < -0.3 is 10.5 Å². The van der Waals surface area contributed by atoms with Crippen molar-refractivity contribution in [3.05, 3.63) is 35.5 Å². The molecule has 0 atom stereocenters. The Hall–Kier alpha value is -2.48. The van der Waals surface area contributed by atoms with Gasteiger partial charge in [-0.25, -0.2) is 4.68 Å². The summed E-state index contributed by atoms with van der Waals surface area (Å²) in [6, 6.07) is 9.12. The lowest BCUT2D eigenvalue weighted by Gasteiger charge is -2.06. The molecule has 0 bridgehead atoms. The van der Waals surface area contributed by atoms with Crippen molar-refractivity contribution in [1.29, 1.82) is 5.26 Å². The van der Waals surface area contributed by atoms with E-state index in [0.717, 1.165) is 0 Å². The third-order valence-electron chi connectivity index (χ3n) is 2.35. The summed E-state index contributed by atoms with van der Waals surface area (Å²) in [5.74, 6) is 1.01. The molecule has 0 aliphatic carbocycles. The molecule has 0 spiro atoms. The van der Waals surface area contributed by atoms with E-state index < -0.39 is 0 Å². The van der Waals surface area contributed by atoms with E-state index in [0.29, 0.717) is 28.6 Å². The molecule has 0 saturated carbocycles. The van der Waals surface area contributed by atoms with Crippen LogP contribution in [0.15, 0.2) is 24.3 Å². The summed E-state index contributed by atoms with van der Waals surface area (Å²) < 4.78 is 7.17. The Kier molecular flexibility index (Phi) is 2.71. The maximum atomic E-state index is 9.04. The predicted octanol–water partition coefficient (Wildman–Crippen LogP) is 1.97. The molecule has 0 aliphatic rings. The lowest BCUT2D eigenvalue weighted by Crippen LogP contribution is -1.96. The van der Waals surface area contributed by atoms with Gasteiger partial charge in [0.05, 0.1) is 5.69 Å². The predicted molar refractivity (Wildman–Crippen MR) is 63.6 cm³/mol. The Morgan fingerprint density at radius 3 is 2.88 bits per heavy atom. The molecule has 5 nitrogen and oxygen atoms in total. The monoisotopic (exact) mass is 228 g/mol. The van der Waals surface area contributed by atoms with Gasteiger partial charge in [0, 0.05) is 18.8 Å². The molecule has 0 aliphatic heterocycles. The number of ether oxygens (including phenoxy) is 1. The number of nitriles is 1. The van der Waals surface area contributed by atoms with Crippen LogP contribution in [-0.2, 0) is 7.05 Å². The standard InChI is InChI=1S/C12H12N4O/c1-8-11(7-13)12(16(2)15-8)17-10-5-3-4-9(14)6-10/h3-6H,14H2,1-2H3. The van der Waals surface area contributed by atoms with Crippen LogP contribution in [0.3, 0.4) is 0 Å². The Balaban J connectivity index is 2.40. The first-order chi connectivity index (χ1) is 8.11. The second-order valence-corrected chi connectivity index (χ2v) is 3.68. The third kappa shape index (κ3) is 2.06. The Bertz CT molecular complexity index is 595. The highest BCUT2D eigenvalue weighted by molar-refractivity contribution is 5.48. The summed E-state index contributed by atoms with van der Waals surface area (Å²) in [6.45, 7) is 1.77. The van der Waals surface area contributed by atoms with Crippen LogP contribution < -0.4 is 10.5 Å². The summed E-state index contributed by atoms with van der Waals surface area (Å²) >= 11 is 0. The highest BCUT2D eigenvalue weighted by atomic mass is 16.5. The molecular formula is C12H12N4O. The molecule has 2 N–H and O–H groups in total. The maximum absolute atomic E-state index is 9.04. The van der Waals surface area contributed by atoms with Crippen molar-refractivity contribution >= 4 is 5.69 Å². The average molecular weight is 228 g/mol. The Morgan fingerprint density at radius 2 is 2.24 bits per heavy atom. The minimum absolute atomic E-state index is 0.426. The van der Waals surface area contributed by atoms with Crippen molar-refractivity contribution < 1.29 is 4.74 Å². The fourth-order valence-corrected chi connectivity index (χ4v) is 1.57. The van der Waals surface area contributed by atoms with E-state index in [2.05, 4.69) is 11.2 Å². The second kappa shape index (κ2) is 4.18. The first-order valence-electron chi connectivity index (χ1n) is 5.09. The minimum Gasteiger partial charge on any atom is -0.438 e. The van der Waals surface area contributed by atoms with Crippen molar-refractivity contribution in [2.24, 2.45) is 7.05 Å². The number of aryl methyl sites for hydroxylation is 2. The van der Waals surface area contributed by atoms with Gasteiger partial charge in [-0.15, -0.1) is 0 Å². The van der Waals surface area contributed by atoms with E-state index in [4.69, 9.17) is 15.7 Å². The van der Waals surface area contributed by atoms with Crippen molar-refractivity contribution in [1.82, 2.24) is 9.78 Å². The van der Waals surface area contributed by atoms with E-state index in [-0.39, 0.29) is 0 Å². The van der Waals surface area contributed by atoms with Gasteiger partial charge in [-0.2, -0.15) is 10.4 Å². The Morgan fingerprint density at radius 1 is 1.47 bits per heavy atom. The van der Waals surface area contributed by atoms with E-state index in [1.165, 1.54) is 4.68 Å². The van der Waals surface area contributed by atoms with Crippen LogP contribution >= 0.6 is 0 Å². The van der Waals surface area contributed by atoms with Crippen molar-refractivity contribution in [3.63, 3.8) is 0 Å². The zero-order chi connectivity index (χ0) is 12.4. The summed E-state index contributed by atoms with van der Waals surface area (Å²) in [5, 5.41) is 13.2. The number of benzene rings is 1. The summed E-state index contributed by atoms with van der Waals surface area (Å²) in [7, 11) is 1.73. The van der Waals surface area contributed by atoms with E-state index >= 15 is 0 Å². The normalized spacial score (nSPS) is 9.94. The number of aromatic nitrogens is 2. The molecule has 0 saturated heterocycles. The van der Waals surface area contributed by atoms with Crippen LogP contribution in [-0.4, -0.2) is 9.78 Å². The smallest absolute Gasteiger partial charge is 0.235 e. The fraction of sp³-hybridized carbons (Fsp3) is 0.167. The van der Waals surface area contributed by atoms with Crippen LogP contribution in [0.2, 0.25) is 0 Å². The number of hydrogen-bond donors (Lipinski definition) is 1. The molecular weight excluding hydrogens is 216 g/mol. The highest BCUT2D eigenvalue weighted by Crippen LogP contribution is 2.27. The number of hydrogen-bond acceptors (Lipinski definition) is 4. The van der Waals surface area contributed by atoms with Crippen molar-refractivity contribution in [3.8, 4) is 17.7 Å². The Labute approximate surface area is 99.0 Å². The van der Waals surface area contributed by atoms with Gasteiger partial charge in [0.2, 0.25) is 5.88 Å². The van der Waals surface area contributed by atoms with E-state index in [1.54, 1.807) is 38.2 Å². The number of anilines is 1. The summed E-state index contributed by atoms with van der Waals surface area (Å²) in [5.41, 5.74) is 7.36. The maximum Gasteiger partial charge on any atom is 0.235 e. The molecule has 2 aromatic rings. The van der Waals surface area contributed by atoms with Gasteiger partial charge >= 0.3 is 0 Å². The van der Waals surface area contributed by atoms with Gasteiger partial charge in [0.15, 0.2) is 0 Å². The van der Waals surface area contributed by atoms with Crippen LogP contribution in [0, 0.1) is 18.3 Å². The van der Waals surface area contributed by atoms with Crippen LogP contribution in [0.5, 0.6) is 11.6 Å². The topological polar surface area (TPSA) is 76.9 Å². The lowest BCUT2D eigenvalue weighted by atomic mass is 10.3. The largest absolute Gasteiger partial charge is 0.438 e. The number of nitrogen functional groups attached to an aromatic ring is 1. The first-order valence-corrected chi connectivity index (χ1v) is 5.09. The fourth-order valence-electron chi connectivity index (χ4n) is 1.57. The van der Waals surface area contributed by atoms with Gasteiger partial charge in [-0.1, -0.05) is 6.07 Å². The molecule has 5 heteroatoms. The van der Waals surface area contributed by atoms with Crippen LogP contribution in [0.4, 0.5) is 5.69 Å². The van der Waals surface area contributed by atoms with Gasteiger partial charge in [0.1, 0.15) is 17.4 Å². The molecule has 0 radical (unpaired) electrons. The molecule has 86 valence electrons. The molecule has 2 rings (SSSR count). The van der Waals surface area contributed by atoms with Crippen molar-refractivity contribution in [2.75, 3.05) is 5.73 Å². The quantitative estimate of drug-likeness (QED) is 0.797. The van der Waals surface area contributed by atoms with Crippen LogP contribution in [0.1, 0.15) is 11.3 Å². The summed E-state index contributed by atoms with van der Waals surface area (Å²) in [6.07, 6.45) is 0. The molecule has 0 unspecified atom stereocenters. The molecule has 1 aromatic heterocycles. The van der Waals surface area contributed by atoms with Gasteiger partial charge in [-0.05, 0) is 19.1 Å². The SMILES string of the molecule is Cc1nn(C)c(Oc2cccc(N)c2)c1C#N. The molecule has 1 aromatic carbocycles. The highest BCUT2D eigenvalue weighted by Gasteiger charge is 2.14. The molecule has 1 heterocycles. The number of nitrogens with zero attached hydrogens (tertiary/aromatic N) is 3. The first kappa shape index (κ1) is 11.0. The zero-order valence-corrected chi connectivity index (χ0v) is 9.64. The molecule has 17 heavy (non-hydrogen) atoms. The third-order valence-corrected chi connectivity index (χ3v) is 2.35. The zero-order valence-electron chi connectivity index (χ0n) is 9.64. The number of nitrogens with two attached hydrogens (primary N) is 1. The van der Waals surface area contributed by atoms with Crippen LogP contribution in [0.25, 0.3) is 0 Å². The molecule has 0 fully saturated rings. The average Bonchev–Trinajstić information content (AvgIpc) is 2.53. The lowest BCUT2D eigenvalue weighted by molar-refractivity contribution is 0.429. The minimum atomic E-state index is 0.426. The number of rotatable bonds is 2. The molecule has 0 amide bonds. The van der Waals surface area contributed by atoms with Gasteiger partial charge in [0.25, 0.3) is 0 Å². The second-order valence-electron chi connectivity index (χ2n) is 3.68. The summed E-state index contributed by atoms with van der Waals surface area (Å²) in [4.78, 5) is 0. The van der Waals surface area contributed by atoms with E-state index in [9.17, 15) is 0 Å². The van der Waals surface area contributed by atoms with E-state index in [1.807, 2.05) is 0 Å². The van der Waals surface area contributed by atoms with Crippen molar-refractivity contribution in [2.45, 2.75) is 6.92 Å². The van der Waals surface area contributed by atoms with Gasteiger partial charge in [-0.3, -0.25) is 0 Å².